The van der Waals surface area contributed by atoms with Crippen LogP contribution in [-0.2, 0) is 0 Å². The summed E-state index contributed by atoms with van der Waals surface area (Å²) in [5, 5.41) is 12.9. The van der Waals surface area contributed by atoms with E-state index in [1.807, 2.05) is 19.1 Å². The number of carboxylic acids is 1. The minimum Gasteiger partial charge on any atom is -0.476 e. The lowest BCUT2D eigenvalue weighted by Gasteiger charge is -2.07. The van der Waals surface area contributed by atoms with Crippen LogP contribution in [0.5, 0.6) is 0 Å². The molecule has 2 rings (SSSR count). The molecule has 0 unspecified atom stereocenters. The highest BCUT2D eigenvalue weighted by Crippen LogP contribution is 2.26. The Hall–Kier alpha value is -1.73. The van der Waals surface area contributed by atoms with Gasteiger partial charge in [0, 0.05) is 9.85 Å². The fraction of sp³-hybridized carbons (Fsp3) is 0.0833. The van der Waals surface area contributed by atoms with Crippen molar-refractivity contribution in [1.29, 1.82) is 0 Å². The Morgan fingerprint density at radius 2 is 2.16 bits per heavy atom. The summed E-state index contributed by atoms with van der Waals surface area (Å²) < 4.78 is 0.790. The van der Waals surface area contributed by atoms with Crippen LogP contribution in [0.3, 0.4) is 0 Å². The molecule has 1 aromatic heterocycles. The Bertz CT molecular complexity index is 654. The molecule has 7 heteroatoms. The number of thiazole rings is 1. The molecular formula is C12H9BrN2O3S. The number of nitrogens with one attached hydrogen (secondary N) is 1. The number of rotatable bonds is 3. The van der Waals surface area contributed by atoms with Crippen LogP contribution in [-0.4, -0.2) is 22.0 Å². The zero-order chi connectivity index (χ0) is 14.0. The minimum atomic E-state index is -1.15. The van der Waals surface area contributed by atoms with E-state index in [9.17, 15) is 9.59 Å². The van der Waals surface area contributed by atoms with Crippen LogP contribution >= 0.6 is 27.3 Å². The van der Waals surface area contributed by atoms with Gasteiger partial charge in [0.2, 0.25) is 0 Å². The van der Waals surface area contributed by atoms with Gasteiger partial charge in [0.05, 0.1) is 5.69 Å². The Kier molecular flexibility index (Phi) is 3.96. The molecule has 5 nitrogen and oxygen atoms in total. The molecule has 0 radical (unpaired) electrons. The molecule has 0 bridgehead atoms. The monoisotopic (exact) mass is 340 g/mol. The molecule has 0 aliphatic heterocycles. The Morgan fingerprint density at radius 1 is 1.42 bits per heavy atom. The molecule has 19 heavy (non-hydrogen) atoms. The SMILES string of the molecule is Cc1cccc(NC(=O)c2nc(C(=O)O)cs2)c1Br. The normalized spacial score (nSPS) is 10.2. The maximum absolute atomic E-state index is 11.9. The van der Waals surface area contributed by atoms with Crippen molar-refractivity contribution in [2.24, 2.45) is 0 Å². The molecule has 0 saturated heterocycles. The predicted octanol–water partition coefficient (Wildman–Crippen LogP) is 3.16. The van der Waals surface area contributed by atoms with Crippen LogP contribution in [0.1, 0.15) is 25.9 Å². The average molecular weight is 341 g/mol. The van der Waals surface area contributed by atoms with E-state index in [2.05, 4.69) is 26.2 Å². The summed E-state index contributed by atoms with van der Waals surface area (Å²) in [6.07, 6.45) is 0. The van der Waals surface area contributed by atoms with Gasteiger partial charge in [-0.2, -0.15) is 0 Å². The van der Waals surface area contributed by atoms with Gasteiger partial charge in [-0.05, 0) is 34.5 Å². The van der Waals surface area contributed by atoms with Crippen molar-refractivity contribution >= 4 is 44.8 Å². The molecule has 0 aliphatic rings. The average Bonchev–Trinajstić information content (AvgIpc) is 2.84. The molecular weight excluding hydrogens is 332 g/mol. The summed E-state index contributed by atoms with van der Waals surface area (Å²) in [6.45, 7) is 1.91. The Balaban J connectivity index is 2.21. The van der Waals surface area contributed by atoms with E-state index in [-0.39, 0.29) is 10.7 Å². The van der Waals surface area contributed by atoms with Crippen molar-refractivity contribution < 1.29 is 14.7 Å². The second-order valence-corrected chi connectivity index (χ2v) is 5.38. The van der Waals surface area contributed by atoms with Crippen LogP contribution in [0.2, 0.25) is 0 Å². The lowest BCUT2D eigenvalue weighted by molar-refractivity contribution is 0.0691. The lowest BCUT2D eigenvalue weighted by Crippen LogP contribution is -2.12. The second kappa shape index (κ2) is 5.50. The number of aryl methyl sites for hydroxylation is 1. The van der Waals surface area contributed by atoms with E-state index >= 15 is 0 Å². The highest BCUT2D eigenvalue weighted by atomic mass is 79.9. The van der Waals surface area contributed by atoms with Crippen molar-refractivity contribution in [3.63, 3.8) is 0 Å². The van der Waals surface area contributed by atoms with E-state index in [1.165, 1.54) is 5.38 Å². The molecule has 2 N–H and O–H groups in total. The molecule has 0 spiro atoms. The van der Waals surface area contributed by atoms with Gasteiger partial charge in [-0.3, -0.25) is 4.79 Å². The van der Waals surface area contributed by atoms with Crippen molar-refractivity contribution in [2.45, 2.75) is 6.92 Å². The fourth-order valence-corrected chi connectivity index (χ4v) is 2.45. The van der Waals surface area contributed by atoms with Gasteiger partial charge < -0.3 is 10.4 Å². The maximum atomic E-state index is 11.9. The van der Waals surface area contributed by atoms with E-state index in [0.29, 0.717) is 5.69 Å². The van der Waals surface area contributed by atoms with Crippen LogP contribution < -0.4 is 5.32 Å². The largest absolute Gasteiger partial charge is 0.476 e. The number of carboxylic acid groups (broad SMARTS) is 1. The molecule has 0 aliphatic carbocycles. The number of benzene rings is 1. The number of carbonyl (C=O) groups excluding carboxylic acids is 1. The topological polar surface area (TPSA) is 79.3 Å². The van der Waals surface area contributed by atoms with Crippen LogP contribution in [0, 0.1) is 6.92 Å². The highest BCUT2D eigenvalue weighted by Gasteiger charge is 2.15. The third-order valence-electron chi connectivity index (χ3n) is 2.36. The van der Waals surface area contributed by atoms with Gasteiger partial charge in [0.1, 0.15) is 0 Å². The van der Waals surface area contributed by atoms with Crippen molar-refractivity contribution in [1.82, 2.24) is 4.98 Å². The number of nitrogens with zero attached hydrogens (tertiary/aromatic N) is 1. The molecule has 0 saturated carbocycles. The standard InChI is InChI=1S/C12H9BrN2O3S/c1-6-3-2-4-7(9(6)13)14-10(16)11-15-8(5-19-11)12(17)18/h2-5H,1H3,(H,14,16)(H,17,18). The molecule has 2 aromatic rings. The molecule has 0 atom stereocenters. The number of hydrogen-bond acceptors (Lipinski definition) is 4. The van der Waals surface area contributed by atoms with Crippen molar-refractivity contribution in [3.8, 4) is 0 Å². The van der Waals surface area contributed by atoms with E-state index in [4.69, 9.17) is 5.11 Å². The number of aromatic nitrogens is 1. The minimum absolute atomic E-state index is 0.116. The van der Waals surface area contributed by atoms with Gasteiger partial charge >= 0.3 is 5.97 Å². The van der Waals surface area contributed by atoms with E-state index in [1.54, 1.807) is 6.07 Å². The third kappa shape index (κ3) is 2.99. The number of anilines is 1. The lowest BCUT2D eigenvalue weighted by atomic mass is 10.2. The molecule has 1 aromatic carbocycles. The van der Waals surface area contributed by atoms with Crippen molar-refractivity contribution in [3.05, 3.63) is 44.3 Å². The molecule has 1 heterocycles. The fourth-order valence-electron chi connectivity index (χ4n) is 1.40. The van der Waals surface area contributed by atoms with Gasteiger partial charge in [-0.1, -0.05) is 12.1 Å². The van der Waals surface area contributed by atoms with Crippen molar-refractivity contribution in [2.75, 3.05) is 5.32 Å². The van der Waals surface area contributed by atoms with Gasteiger partial charge in [0.25, 0.3) is 5.91 Å². The molecule has 1 amide bonds. The molecule has 98 valence electrons. The summed E-state index contributed by atoms with van der Waals surface area (Å²) in [6, 6.07) is 5.48. The summed E-state index contributed by atoms with van der Waals surface area (Å²) in [7, 11) is 0. The van der Waals surface area contributed by atoms with Crippen LogP contribution in [0.25, 0.3) is 0 Å². The number of carbonyl (C=O) groups is 2. The number of halogens is 1. The quantitative estimate of drug-likeness (QED) is 0.899. The summed E-state index contributed by atoms with van der Waals surface area (Å²) in [5.41, 5.74) is 1.48. The highest BCUT2D eigenvalue weighted by molar-refractivity contribution is 9.10. The molecule has 0 fully saturated rings. The number of aromatic carboxylic acids is 1. The third-order valence-corrected chi connectivity index (χ3v) is 4.25. The zero-order valence-electron chi connectivity index (χ0n) is 9.81. The summed E-state index contributed by atoms with van der Waals surface area (Å²) in [4.78, 5) is 26.4. The second-order valence-electron chi connectivity index (χ2n) is 3.73. The van der Waals surface area contributed by atoms with Gasteiger partial charge in [-0.25, -0.2) is 9.78 Å². The smallest absolute Gasteiger partial charge is 0.355 e. The zero-order valence-corrected chi connectivity index (χ0v) is 12.2. The first-order valence-electron chi connectivity index (χ1n) is 5.24. The van der Waals surface area contributed by atoms with Gasteiger partial charge in [0.15, 0.2) is 10.7 Å². The first-order chi connectivity index (χ1) is 8.99. The maximum Gasteiger partial charge on any atom is 0.355 e. The number of amides is 1. The van der Waals surface area contributed by atoms with Gasteiger partial charge in [-0.15, -0.1) is 11.3 Å². The summed E-state index contributed by atoms with van der Waals surface area (Å²) in [5.74, 6) is -1.57. The predicted molar refractivity (Wildman–Crippen MR) is 75.9 cm³/mol. The number of hydrogen-bond donors (Lipinski definition) is 2. The van der Waals surface area contributed by atoms with Crippen LogP contribution in [0.15, 0.2) is 28.1 Å². The first kappa shape index (κ1) is 13.7. The summed E-state index contributed by atoms with van der Waals surface area (Å²) >= 11 is 4.38. The van der Waals surface area contributed by atoms with E-state index < -0.39 is 11.9 Å². The first-order valence-corrected chi connectivity index (χ1v) is 6.91. The Labute approximate surface area is 121 Å². The van der Waals surface area contributed by atoms with E-state index in [0.717, 1.165) is 21.4 Å². The Morgan fingerprint density at radius 3 is 2.79 bits per heavy atom. The van der Waals surface area contributed by atoms with Crippen LogP contribution in [0.4, 0.5) is 5.69 Å².